The minimum Gasteiger partial charge on any atom is -0.315 e. The molecule has 1 aliphatic heterocycles. The molecule has 0 aromatic carbocycles. The van der Waals surface area contributed by atoms with Crippen LogP contribution < -0.4 is 5.32 Å². The van der Waals surface area contributed by atoms with E-state index in [0.29, 0.717) is 6.04 Å². The SMILES string of the molecule is CCN1CCC2(CC1)CC1(CC(CCNC(C)C)C1)C2. The van der Waals surface area contributed by atoms with Crippen LogP contribution >= 0.6 is 0 Å². The molecule has 2 nitrogen and oxygen atoms in total. The van der Waals surface area contributed by atoms with Crippen molar-refractivity contribution in [3.63, 3.8) is 0 Å². The Morgan fingerprint density at radius 2 is 1.75 bits per heavy atom. The van der Waals surface area contributed by atoms with E-state index in [1.54, 1.807) is 25.7 Å². The van der Waals surface area contributed by atoms with Gasteiger partial charge in [0.25, 0.3) is 0 Å². The molecule has 2 saturated carbocycles. The molecule has 2 heteroatoms. The molecule has 0 bridgehead atoms. The summed E-state index contributed by atoms with van der Waals surface area (Å²) in [5.74, 6) is 1.04. The summed E-state index contributed by atoms with van der Waals surface area (Å²) in [7, 11) is 0. The summed E-state index contributed by atoms with van der Waals surface area (Å²) in [6.07, 6.45) is 10.6. The van der Waals surface area contributed by atoms with Gasteiger partial charge in [0, 0.05) is 6.04 Å². The summed E-state index contributed by atoms with van der Waals surface area (Å²) in [4.78, 5) is 2.64. The molecular weight excluding hydrogens is 244 g/mol. The maximum Gasteiger partial charge on any atom is 0.00103 e. The monoisotopic (exact) mass is 278 g/mol. The van der Waals surface area contributed by atoms with E-state index in [-0.39, 0.29) is 0 Å². The topological polar surface area (TPSA) is 15.3 Å². The van der Waals surface area contributed by atoms with E-state index in [0.717, 1.165) is 16.7 Å². The molecule has 0 unspecified atom stereocenters. The van der Waals surface area contributed by atoms with Crippen molar-refractivity contribution in [3.8, 4) is 0 Å². The quantitative estimate of drug-likeness (QED) is 0.825. The number of nitrogens with one attached hydrogen (secondary N) is 1. The van der Waals surface area contributed by atoms with Gasteiger partial charge >= 0.3 is 0 Å². The van der Waals surface area contributed by atoms with Gasteiger partial charge < -0.3 is 10.2 Å². The molecule has 2 aliphatic carbocycles. The first kappa shape index (κ1) is 14.8. The van der Waals surface area contributed by atoms with Crippen LogP contribution in [0.1, 0.15) is 65.7 Å². The standard InChI is InChI=1S/C18H34N2/c1-4-20-9-6-17(7-10-20)13-18(14-17)11-16(12-18)5-8-19-15(2)3/h15-16,19H,4-14H2,1-3H3. The van der Waals surface area contributed by atoms with Crippen LogP contribution in [0, 0.1) is 16.7 Å². The second-order valence-corrected chi connectivity index (χ2v) is 8.46. The van der Waals surface area contributed by atoms with E-state index in [1.807, 2.05) is 0 Å². The Hall–Kier alpha value is -0.0800. The van der Waals surface area contributed by atoms with Crippen LogP contribution in [0.5, 0.6) is 0 Å². The van der Waals surface area contributed by atoms with Crippen LogP contribution in [0.4, 0.5) is 0 Å². The molecule has 20 heavy (non-hydrogen) atoms. The van der Waals surface area contributed by atoms with Gasteiger partial charge in [0.15, 0.2) is 0 Å². The number of piperidine rings is 1. The summed E-state index contributed by atoms with van der Waals surface area (Å²) in [5.41, 5.74) is 1.60. The fourth-order valence-electron chi connectivity index (χ4n) is 5.47. The van der Waals surface area contributed by atoms with Crippen molar-refractivity contribution in [2.75, 3.05) is 26.2 Å². The van der Waals surface area contributed by atoms with Crippen molar-refractivity contribution in [1.29, 1.82) is 0 Å². The van der Waals surface area contributed by atoms with Crippen LogP contribution in [0.2, 0.25) is 0 Å². The highest BCUT2D eigenvalue weighted by Crippen LogP contribution is 2.69. The Balaban J connectivity index is 1.35. The van der Waals surface area contributed by atoms with Gasteiger partial charge in [-0.05, 0) is 87.9 Å². The van der Waals surface area contributed by atoms with Crippen molar-refractivity contribution in [3.05, 3.63) is 0 Å². The fourth-order valence-corrected chi connectivity index (χ4v) is 5.47. The molecule has 116 valence electrons. The lowest BCUT2D eigenvalue weighted by atomic mass is 9.40. The van der Waals surface area contributed by atoms with E-state index in [1.165, 1.54) is 45.4 Å². The molecule has 2 spiro atoms. The average molecular weight is 278 g/mol. The van der Waals surface area contributed by atoms with Gasteiger partial charge in [-0.1, -0.05) is 20.8 Å². The second kappa shape index (κ2) is 5.61. The van der Waals surface area contributed by atoms with Gasteiger partial charge in [-0.15, -0.1) is 0 Å². The highest BCUT2D eigenvalue weighted by Gasteiger charge is 2.59. The third-order valence-electron chi connectivity index (χ3n) is 6.41. The third-order valence-corrected chi connectivity index (χ3v) is 6.41. The summed E-state index contributed by atoms with van der Waals surface area (Å²) in [6.45, 7) is 12.0. The summed E-state index contributed by atoms with van der Waals surface area (Å²) >= 11 is 0. The predicted molar refractivity (Wildman–Crippen MR) is 85.9 cm³/mol. The number of likely N-dealkylation sites (tertiary alicyclic amines) is 1. The lowest BCUT2D eigenvalue weighted by Crippen LogP contribution is -2.57. The number of hydrogen-bond acceptors (Lipinski definition) is 2. The molecule has 1 N–H and O–H groups in total. The Morgan fingerprint density at radius 1 is 1.10 bits per heavy atom. The van der Waals surface area contributed by atoms with Gasteiger partial charge in [0.2, 0.25) is 0 Å². The molecule has 0 amide bonds. The van der Waals surface area contributed by atoms with Gasteiger partial charge in [-0.2, -0.15) is 0 Å². The van der Waals surface area contributed by atoms with E-state index < -0.39 is 0 Å². The molecule has 3 aliphatic rings. The molecule has 0 aromatic rings. The maximum atomic E-state index is 3.57. The zero-order valence-electron chi connectivity index (χ0n) is 13.9. The Labute approximate surface area is 125 Å². The van der Waals surface area contributed by atoms with Gasteiger partial charge in [0.05, 0.1) is 0 Å². The van der Waals surface area contributed by atoms with Crippen LogP contribution in [0.25, 0.3) is 0 Å². The number of rotatable bonds is 5. The zero-order valence-corrected chi connectivity index (χ0v) is 13.9. The fraction of sp³-hybridized carbons (Fsp3) is 1.00. The summed E-state index contributed by atoms with van der Waals surface area (Å²) in [6, 6.07) is 0.653. The number of hydrogen-bond donors (Lipinski definition) is 1. The molecule has 1 heterocycles. The lowest BCUT2D eigenvalue weighted by molar-refractivity contribution is -0.149. The van der Waals surface area contributed by atoms with Gasteiger partial charge in [-0.3, -0.25) is 0 Å². The molecule has 3 rings (SSSR count). The zero-order chi connectivity index (χ0) is 14.2. The predicted octanol–water partition coefficient (Wildman–Crippen LogP) is 3.67. The van der Waals surface area contributed by atoms with Crippen molar-refractivity contribution in [2.24, 2.45) is 16.7 Å². The molecule has 1 saturated heterocycles. The van der Waals surface area contributed by atoms with E-state index in [2.05, 4.69) is 31.0 Å². The first-order valence-electron chi connectivity index (χ1n) is 9.01. The molecular formula is C18H34N2. The van der Waals surface area contributed by atoms with E-state index in [9.17, 15) is 0 Å². The Morgan fingerprint density at radius 3 is 2.30 bits per heavy atom. The first-order valence-corrected chi connectivity index (χ1v) is 9.01. The van der Waals surface area contributed by atoms with Gasteiger partial charge in [-0.25, -0.2) is 0 Å². The first-order chi connectivity index (χ1) is 9.55. The van der Waals surface area contributed by atoms with E-state index in [4.69, 9.17) is 0 Å². The molecule has 0 radical (unpaired) electrons. The van der Waals surface area contributed by atoms with E-state index >= 15 is 0 Å². The minimum absolute atomic E-state index is 0.653. The third kappa shape index (κ3) is 2.92. The molecule has 0 aromatic heterocycles. The van der Waals surface area contributed by atoms with Crippen molar-refractivity contribution < 1.29 is 0 Å². The van der Waals surface area contributed by atoms with Crippen LogP contribution in [0.3, 0.4) is 0 Å². The largest absolute Gasteiger partial charge is 0.315 e. The Bertz CT molecular complexity index is 312. The van der Waals surface area contributed by atoms with Crippen LogP contribution in [-0.4, -0.2) is 37.1 Å². The average Bonchev–Trinajstić information content (AvgIpc) is 2.34. The Kier molecular flexibility index (Phi) is 4.16. The van der Waals surface area contributed by atoms with Crippen LogP contribution in [0.15, 0.2) is 0 Å². The lowest BCUT2D eigenvalue weighted by Gasteiger charge is -2.66. The van der Waals surface area contributed by atoms with Crippen molar-refractivity contribution >= 4 is 0 Å². The minimum atomic E-state index is 0.653. The number of nitrogens with zero attached hydrogens (tertiary/aromatic N) is 1. The smallest absolute Gasteiger partial charge is 0.00103 e. The summed E-state index contributed by atoms with van der Waals surface area (Å²) < 4.78 is 0. The van der Waals surface area contributed by atoms with Crippen LogP contribution in [-0.2, 0) is 0 Å². The molecule has 3 fully saturated rings. The highest BCUT2D eigenvalue weighted by molar-refractivity contribution is 5.10. The summed E-state index contributed by atoms with van der Waals surface area (Å²) in [5, 5.41) is 3.57. The van der Waals surface area contributed by atoms with Crippen molar-refractivity contribution in [2.45, 2.75) is 71.8 Å². The second-order valence-electron chi connectivity index (χ2n) is 8.46. The van der Waals surface area contributed by atoms with Crippen molar-refractivity contribution in [1.82, 2.24) is 10.2 Å². The maximum absolute atomic E-state index is 3.57. The van der Waals surface area contributed by atoms with Gasteiger partial charge in [0.1, 0.15) is 0 Å². The highest BCUT2D eigenvalue weighted by atomic mass is 15.1. The normalized spacial score (nSPS) is 28.8. The molecule has 0 atom stereocenters.